The van der Waals surface area contributed by atoms with Gasteiger partial charge in [-0.2, -0.15) is 0 Å². The minimum atomic E-state index is -1.10. The smallest absolute Gasteiger partial charge is 0.337 e. The predicted octanol–water partition coefficient (Wildman–Crippen LogP) is 0.345. The summed E-state index contributed by atoms with van der Waals surface area (Å²) in [6, 6.07) is 2.44. The van der Waals surface area contributed by atoms with Gasteiger partial charge in [0.05, 0.1) is 12.1 Å². The van der Waals surface area contributed by atoms with Crippen LogP contribution in [0.2, 0.25) is 0 Å². The number of nitrogens with zero attached hydrogens (tertiary/aromatic N) is 1. The first kappa shape index (κ1) is 11.3. The van der Waals surface area contributed by atoms with Crippen LogP contribution in [0, 0.1) is 0 Å². The molecule has 0 radical (unpaired) electrons. The SMILES string of the molecule is O=C(O)c1ccc(=O)n(Cc2csc(=O)[nH]2)c1. The summed E-state index contributed by atoms with van der Waals surface area (Å²) in [6.45, 7) is 0.151. The van der Waals surface area contributed by atoms with Gasteiger partial charge in [-0.1, -0.05) is 11.3 Å². The van der Waals surface area contributed by atoms with Crippen LogP contribution >= 0.6 is 11.3 Å². The van der Waals surface area contributed by atoms with E-state index >= 15 is 0 Å². The maximum absolute atomic E-state index is 11.5. The minimum absolute atomic E-state index is 0.0298. The Hall–Kier alpha value is -2.15. The monoisotopic (exact) mass is 252 g/mol. The van der Waals surface area contributed by atoms with Crippen LogP contribution in [-0.2, 0) is 6.54 Å². The first-order valence-electron chi connectivity index (χ1n) is 4.67. The Labute approximate surface area is 98.8 Å². The van der Waals surface area contributed by atoms with Crippen LogP contribution in [0.5, 0.6) is 0 Å². The molecule has 0 unspecified atom stereocenters. The molecule has 0 amide bonds. The Morgan fingerprint density at radius 1 is 1.41 bits per heavy atom. The van der Waals surface area contributed by atoms with Gasteiger partial charge in [0.25, 0.3) is 5.56 Å². The topological polar surface area (TPSA) is 92.2 Å². The number of pyridine rings is 1. The number of aromatic amines is 1. The van der Waals surface area contributed by atoms with Crippen LogP contribution in [0.25, 0.3) is 0 Å². The van der Waals surface area contributed by atoms with Gasteiger partial charge in [0.1, 0.15) is 0 Å². The highest BCUT2D eigenvalue weighted by molar-refractivity contribution is 7.07. The minimum Gasteiger partial charge on any atom is -0.478 e. The Balaban J connectivity index is 2.38. The fourth-order valence-electron chi connectivity index (χ4n) is 1.36. The molecule has 0 aliphatic rings. The van der Waals surface area contributed by atoms with Crippen LogP contribution in [0.4, 0.5) is 0 Å². The maximum atomic E-state index is 11.5. The number of carboxylic acids is 1. The van der Waals surface area contributed by atoms with Crippen molar-refractivity contribution < 1.29 is 9.90 Å². The van der Waals surface area contributed by atoms with Gasteiger partial charge in [-0.25, -0.2) is 4.79 Å². The molecule has 2 rings (SSSR count). The molecule has 0 saturated heterocycles. The van der Waals surface area contributed by atoms with Crippen molar-refractivity contribution in [2.75, 3.05) is 0 Å². The van der Waals surface area contributed by atoms with Gasteiger partial charge in [-0.05, 0) is 6.07 Å². The fourth-order valence-corrected chi connectivity index (χ4v) is 1.93. The second-order valence-electron chi connectivity index (χ2n) is 3.36. The summed E-state index contributed by atoms with van der Waals surface area (Å²) in [5.41, 5.74) is 0.286. The lowest BCUT2D eigenvalue weighted by atomic mass is 10.3. The zero-order chi connectivity index (χ0) is 12.4. The molecule has 17 heavy (non-hydrogen) atoms. The molecule has 0 saturated carbocycles. The Kier molecular flexibility index (Phi) is 2.92. The van der Waals surface area contributed by atoms with Crippen LogP contribution < -0.4 is 10.4 Å². The summed E-state index contributed by atoms with van der Waals surface area (Å²) in [5, 5.41) is 10.4. The molecule has 7 heteroatoms. The highest BCUT2D eigenvalue weighted by Crippen LogP contribution is 2.00. The van der Waals surface area contributed by atoms with E-state index in [-0.39, 0.29) is 22.5 Å². The molecule has 0 aromatic carbocycles. The van der Waals surface area contributed by atoms with Crippen molar-refractivity contribution >= 4 is 17.3 Å². The van der Waals surface area contributed by atoms with E-state index in [0.717, 1.165) is 11.3 Å². The lowest BCUT2D eigenvalue weighted by Crippen LogP contribution is -2.21. The Morgan fingerprint density at radius 3 is 2.76 bits per heavy atom. The number of carbonyl (C=O) groups is 1. The standard InChI is InChI=1S/C10H8N2O4S/c13-8-2-1-6(9(14)15)3-12(8)4-7-5-17-10(16)11-7/h1-3,5H,4H2,(H,11,16)(H,14,15). The molecule has 88 valence electrons. The van der Waals surface area contributed by atoms with Gasteiger partial charge >= 0.3 is 10.8 Å². The molecule has 0 aliphatic heterocycles. The quantitative estimate of drug-likeness (QED) is 0.824. The van der Waals surface area contributed by atoms with E-state index in [2.05, 4.69) is 4.98 Å². The number of hydrogen-bond donors (Lipinski definition) is 2. The molecule has 0 aliphatic carbocycles. The van der Waals surface area contributed by atoms with Crippen LogP contribution in [0.15, 0.2) is 33.3 Å². The molecule has 0 spiro atoms. The largest absolute Gasteiger partial charge is 0.478 e. The van der Waals surface area contributed by atoms with Crippen molar-refractivity contribution in [2.24, 2.45) is 0 Å². The van der Waals surface area contributed by atoms with E-state index in [1.165, 1.54) is 22.9 Å². The number of aromatic nitrogens is 2. The molecule has 6 nitrogen and oxygen atoms in total. The van der Waals surface area contributed by atoms with E-state index < -0.39 is 5.97 Å². The number of H-pyrrole nitrogens is 1. The van der Waals surface area contributed by atoms with Gasteiger partial charge in [0.15, 0.2) is 0 Å². The van der Waals surface area contributed by atoms with Crippen molar-refractivity contribution in [3.8, 4) is 0 Å². The molecule has 2 N–H and O–H groups in total. The number of aromatic carboxylic acids is 1. The summed E-state index contributed by atoms with van der Waals surface area (Å²) in [6.07, 6.45) is 1.25. The second-order valence-corrected chi connectivity index (χ2v) is 4.20. The van der Waals surface area contributed by atoms with Crippen LogP contribution in [0.3, 0.4) is 0 Å². The molecule has 2 aromatic heterocycles. The van der Waals surface area contributed by atoms with E-state index in [9.17, 15) is 14.4 Å². The van der Waals surface area contributed by atoms with Gasteiger partial charge in [-0.15, -0.1) is 0 Å². The van der Waals surface area contributed by atoms with Gasteiger partial charge < -0.3 is 14.7 Å². The van der Waals surface area contributed by atoms with Gasteiger partial charge in [0.2, 0.25) is 0 Å². The first-order chi connectivity index (χ1) is 8.06. The normalized spacial score (nSPS) is 10.4. The fraction of sp³-hybridized carbons (Fsp3) is 0.100. The number of nitrogens with one attached hydrogen (secondary N) is 1. The highest BCUT2D eigenvalue weighted by atomic mass is 32.1. The second kappa shape index (κ2) is 4.38. The molecule has 2 heterocycles. The summed E-state index contributed by atoms with van der Waals surface area (Å²) in [7, 11) is 0. The van der Waals surface area contributed by atoms with Crippen molar-refractivity contribution in [3.63, 3.8) is 0 Å². The lowest BCUT2D eigenvalue weighted by molar-refractivity contribution is 0.0696. The maximum Gasteiger partial charge on any atom is 0.337 e. The third-order valence-electron chi connectivity index (χ3n) is 2.14. The number of hydrogen-bond acceptors (Lipinski definition) is 4. The summed E-state index contributed by atoms with van der Waals surface area (Å²) in [5.74, 6) is -1.10. The average Bonchev–Trinajstić information content (AvgIpc) is 2.67. The molecular weight excluding hydrogens is 244 g/mol. The predicted molar refractivity (Wildman–Crippen MR) is 61.7 cm³/mol. The van der Waals surface area contributed by atoms with Crippen molar-refractivity contribution in [3.05, 3.63) is 55.0 Å². The summed E-state index contributed by atoms with van der Waals surface area (Å²) >= 11 is 0.997. The first-order valence-corrected chi connectivity index (χ1v) is 5.55. The van der Waals surface area contributed by atoms with Crippen LogP contribution in [-0.4, -0.2) is 20.6 Å². The lowest BCUT2D eigenvalue weighted by Gasteiger charge is -2.04. The number of rotatable bonds is 3. The Bertz CT molecular complexity index is 667. The zero-order valence-corrected chi connectivity index (χ0v) is 9.36. The Morgan fingerprint density at radius 2 is 2.18 bits per heavy atom. The van der Waals surface area contributed by atoms with Gasteiger partial charge in [-0.3, -0.25) is 9.59 Å². The molecular formula is C10H8N2O4S. The highest BCUT2D eigenvalue weighted by Gasteiger charge is 2.06. The van der Waals surface area contributed by atoms with E-state index in [1.807, 2.05) is 0 Å². The van der Waals surface area contributed by atoms with Crippen molar-refractivity contribution in [1.82, 2.24) is 9.55 Å². The van der Waals surface area contributed by atoms with E-state index in [1.54, 1.807) is 5.38 Å². The number of thiazole rings is 1. The molecule has 0 atom stereocenters. The van der Waals surface area contributed by atoms with Crippen molar-refractivity contribution in [2.45, 2.75) is 6.54 Å². The molecule has 0 bridgehead atoms. The van der Waals surface area contributed by atoms with Crippen LogP contribution in [0.1, 0.15) is 16.1 Å². The van der Waals surface area contributed by atoms with Gasteiger partial charge in [0, 0.05) is 23.3 Å². The number of carboxylic acid groups (broad SMARTS) is 1. The third kappa shape index (κ3) is 2.51. The van der Waals surface area contributed by atoms with E-state index in [4.69, 9.17) is 5.11 Å². The molecule has 2 aromatic rings. The zero-order valence-electron chi connectivity index (χ0n) is 8.54. The summed E-state index contributed by atoms with van der Waals surface area (Å²) in [4.78, 5) is 35.5. The van der Waals surface area contributed by atoms with E-state index in [0.29, 0.717) is 5.69 Å². The van der Waals surface area contributed by atoms with Crippen molar-refractivity contribution in [1.29, 1.82) is 0 Å². The third-order valence-corrected chi connectivity index (χ3v) is 2.86. The average molecular weight is 252 g/mol. The summed E-state index contributed by atoms with van der Waals surface area (Å²) < 4.78 is 1.24. The molecule has 0 fully saturated rings.